The predicted molar refractivity (Wildman–Crippen MR) is 125 cm³/mol. The topological polar surface area (TPSA) is 50.3 Å². The number of hydrogen-bond donors (Lipinski definition) is 0. The molecule has 3 heterocycles. The lowest BCUT2D eigenvalue weighted by atomic mass is 9.75. The number of aromatic nitrogens is 2. The minimum absolute atomic E-state index is 0.432. The first-order chi connectivity index (χ1) is 15.1. The third-order valence-corrected chi connectivity index (χ3v) is 7.28. The van der Waals surface area contributed by atoms with Crippen molar-refractivity contribution in [2.45, 2.75) is 47.8 Å². The lowest BCUT2D eigenvalue weighted by Crippen LogP contribution is -2.32. The molecule has 1 aliphatic rings. The fraction of sp³-hybridized carbons (Fsp3) is 0.308. The van der Waals surface area contributed by atoms with E-state index in [0.29, 0.717) is 19.1 Å². The van der Waals surface area contributed by atoms with Crippen LogP contribution in [0.2, 0.25) is 0 Å². The Morgan fingerprint density at radius 2 is 1.90 bits per heavy atom. The summed E-state index contributed by atoms with van der Waals surface area (Å²) in [6.07, 6.45) is 5.39. The van der Waals surface area contributed by atoms with Crippen molar-refractivity contribution in [1.82, 2.24) is 9.38 Å². The van der Waals surface area contributed by atoms with Gasteiger partial charge in [-0.05, 0) is 60.2 Å². The minimum Gasteiger partial charge on any atom is -0.381 e. The van der Waals surface area contributed by atoms with Crippen LogP contribution in [0, 0.1) is 11.3 Å². The van der Waals surface area contributed by atoms with Crippen LogP contribution in [0.1, 0.15) is 43.7 Å². The predicted octanol–water partition coefficient (Wildman–Crippen LogP) is 6.33. The summed E-state index contributed by atoms with van der Waals surface area (Å²) in [5.41, 5.74) is 4.15. The monoisotopic (exact) mass is 427 g/mol. The van der Waals surface area contributed by atoms with E-state index in [1.165, 1.54) is 21.4 Å². The van der Waals surface area contributed by atoms with Crippen LogP contribution < -0.4 is 0 Å². The van der Waals surface area contributed by atoms with Gasteiger partial charge in [0.25, 0.3) is 0 Å². The molecule has 0 spiro atoms. The Hall–Kier alpha value is -2.81. The highest BCUT2D eigenvalue weighted by molar-refractivity contribution is 7.99. The first kappa shape index (κ1) is 20.1. The molecule has 0 aliphatic carbocycles. The molecule has 0 N–H and O–H groups in total. The SMILES string of the molecule is CC(C)c1cc2nccn2c2cc(Sc3cccc(C4(C#N)CCOCC4)c3)ccc12. The number of rotatable bonds is 4. The highest BCUT2D eigenvalue weighted by atomic mass is 32.2. The number of nitrogens with zero attached hydrogens (tertiary/aromatic N) is 3. The molecule has 4 aromatic rings. The van der Waals surface area contributed by atoms with E-state index < -0.39 is 5.41 Å². The van der Waals surface area contributed by atoms with Crippen molar-refractivity contribution in [1.29, 1.82) is 5.26 Å². The third-order valence-electron chi connectivity index (χ3n) is 6.30. The standard InChI is InChI=1S/C26H25N3OS/c1-18(2)23-16-25-28-10-11-29(25)24-15-21(6-7-22(23)24)31-20-5-3-4-19(14-20)26(17-27)8-12-30-13-9-26/h3-7,10-11,14-16,18H,8-9,12-13H2,1-2H3. The van der Waals surface area contributed by atoms with E-state index in [9.17, 15) is 5.26 Å². The van der Waals surface area contributed by atoms with Crippen molar-refractivity contribution in [3.05, 3.63) is 72.1 Å². The van der Waals surface area contributed by atoms with Crippen LogP contribution in [0.4, 0.5) is 0 Å². The second-order valence-electron chi connectivity index (χ2n) is 8.52. The first-order valence-electron chi connectivity index (χ1n) is 10.8. The van der Waals surface area contributed by atoms with Crippen LogP contribution in [0.25, 0.3) is 16.6 Å². The molecule has 0 saturated carbocycles. The lowest BCUT2D eigenvalue weighted by Gasteiger charge is -2.31. The van der Waals surface area contributed by atoms with Gasteiger partial charge in [-0.25, -0.2) is 4.98 Å². The molecule has 31 heavy (non-hydrogen) atoms. The summed E-state index contributed by atoms with van der Waals surface area (Å²) in [6.45, 7) is 5.75. The zero-order valence-electron chi connectivity index (χ0n) is 17.8. The molecular weight excluding hydrogens is 402 g/mol. The Balaban J connectivity index is 1.54. The van der Waals surface area contributed by atoms with E-state index >= 15 is 0 Å². The van der Waals surface area contributed by atoms with Gasteiger partial charge in [-0.2, -0.15) is 5.26 Å². The van der Waals surface area contributed by atoms with E-state index in [0.717, 1.165) is 28.9 Å². The van der Waals surface area contributed by atoms with E-state index in [2.05, 4.69) is 77.8 Å². The van der Waals surface area contributed by atoms with Gasteiger partial charge >= 0.3 is 0 Å². The molecule has 2 aromatic carbocycles. The summed E-state index contributed by atoms with van der Waals surface area (Å²) in [4.78, 5) is 6.85. The molecule has 156 valence electrons. The van der Waals surface area contributed by atoms with Crippen LogP contribution in [-0.2, 0) is 10.2 Å². The number of pyridine rings is 1. The number of hydrogen-bond acceptors (Lipinski definition) is 4. The van der Waals surface area contributed by atoms with Crippen LogP contribution in [-0.4, -0.2) is 22.6 Å². The van der Waals surface area contributed by atoms with Crippen molar-refractivity contribution in [3.63, 3.8) is 0 Å². The zero-order valence-corrected chi connectivity index (χ0v) is 18.7. The molecule has 0 unspecified atom stereocenters. The maximum Gasteiger partial charge on any atom is 0.137 e. The van der Waals surface area contributed by atoms with Gasteiger partial charge in [0, 0.05) is 40.8 Å². The Morgan fingerprint density at radius 3 is 2.68 bits per heavy atom. The Bertz CT molecular complexity index is 1300. The molecule has 4 nitrogen and oxygen atoms in total. The van der Waals surface area contributed by atoms with Gasteiger partial charge in [0.2, 0.25) is 0 Å². The molecule has 0 radical (unpaired) electrons. The van der Waals surface area contributed by atoms with Gasteiger partial charge in [0.05, 0.1) is 17.0 Å². The maximum atomic E-state index is 9.92. The van der Waals surface area contributed by atoms with E-state index in [4.69, 9.17) is 4.74 Å². The van der Waals surface area contributed by atoms with Crippen LogP contribution in [0.15, 0.2) is 70.7 Å². The molecule has 0 atom stereocenters. The van der Waals surface area contributed by atoms with Crippen molar-refractivity contribution >= 4 is 28.3 Å². The summed E-state index contributed by atoms with van der Waals surface area (Å²) in [6, 6.07) is 19.9. The number of nitriles is 1. The van der Waals surface area contributed by atoms with E-state index in [1.54, 1.807) is 11.8 Å². The van der Waals surface area contributed by atoms with Crippen LogP contribution in [0.5, 0.6) is 0 Å². The Labute approximate surface area is 186 Å². The summed E-state index contributed by atoms with van der Waals surface area (Å²) in [5, 5.41) is 11.2. The fourth-order valence-corrected chi connectivity index (χ4v) is 5.43. The molecule has 2 aromatic heterocycles. The van der Waals surface area contributed by atoms with Crippen LogP contribution in [0.3, 0.4) is 0 Å². The fourth-order valence-electron chi connectivity index (χ4n) is 4.52. The highest BCUT2D eigenvalue weighted by Gasteiger charge is 2.34. The largest absolute Gasteiger partial charge is 0.381 e. The van der Waals surface area contributed by atoms with Gasteiger partial charge in [-0.15, -0.1) is 0 Å². The molecule has 1 aliphatic heterocycles. The van der Waals surface area contributed by atoms with Gasteiger partial charge in [-0.1, -0.05) is 43.8 Å². The first-order valence-corrected chi connectivity index (χ1v) is 11.6. The summed E-state index contributed by atoms with van der Waals surface area (Å²) < 4.78 is 7.67. The van der Waals surface area contributed by atoms with Crippen molar-refractivity contribution in [2.75, 3.05) is 13.2 Å². The molecular formula is C26H25N3OS. The highest BCUT2D eigenvalue weighted by Crippen LogP contribution is 2.38. The molecule has 0 bridgehead atoms. The van der Waals surface area contributed by atoms with Crippen molar-refractivity contribution in [3.8, 4) is 6.07 Å². The number of ether oxygens (including phenoxy) is 1. The second kappa shape index (κ2) is 8.03. The summed E-state index contributed by atoms with van der Waals surface area (Å²) >= 11 is 1.74. The molecule has 0 amide bonds. The van der Waals surface area contributed by atoms with Gasteiger partial charge in [-0.3, -0.25) is 4.40 Å². The van der Waals surface area contributed by atoms with Crippen LogP contribution >= 0.6 is 11.8 Å². The maximum absolute atomic E-state index is 9.92. The Morgan fingerprint density at radius 1 is 1.10 bits per heavy atom. The van der Waals surface area contributed by atoms with Crippen molar-refractivity contribution in [2.24, 2.45) is 0 Å². The van der Waals surface area contributed by atoms with Gasteiger partial charge < -0.3 is 4.74 Å². The summed E-state index contributed by atoms with van der Waals surface area (Å²) in [7, 11) is 0. The zero-order chi connectivity index (χ0) is 21.4. The Kier molecular flexibility index (Phi) is 5.21. The normalized spacial score (nSPS) is 16.1. The second-order valence-corrected chi connectivity index (χ2v) is 9.67. The smallest absolute Gasteiger partial charge is 0.137 e. The molecule has 1 saturated heterocycles. The average Bonchev–Trinajstić information content (AvgIpc) is 3.28. The quantitative estimate of drug-likeness (QED) is 0.382. The average molecular weight is 428 g/mol. The molecule has 1 fully saturated rings. The third kappa shape index (κ3) is 3.60. The number of benzene rings is 2. The van der Waals surface area contributed by atoms with Gasteiger partial charge in [0.15, 0.2) is 0 Å². The molecule has 5 rings (SSSR count). The summed E-state index contributed by atoms with van der Waals surface area (Å²) in [5.74, 6) is 0.432. The van der Waals surface area contributed by atoms with E-state index in [-0.39, 0.29) is 0 Å². The minimum atomic E-state index is -0.437. The van der Waals surface area contributed by atoms with Crippen molar-refractivity contribution < 1.29 is 4.74 Å². The number of imidazole rings is 1. The van der Waals surface area contributed by atoms with Gasteiger partial charge in [0.1, 0.15) is 5.65 Å². The van der Waals surface area contributed by atoms with E-state index in [1.807, 2.05) is 12.4 Å². The molecule has 5 heteroatoms. The number of fused-ring (bicyclic) bond motifs is 3. The lowest BCUT2D eigenvalue weighted by molar-refractivity contribution is 0.0675.